The van der Waals surface area contributed by atoms with E-state index in [0.29, 0.717) is 24.2 Å². The molecule has 0 spiro atoms. The lowest BCUT2D eigenvalue weighted by Crippen LogP contribution is -2.43. The van der Waals surface area contributed by atoms with Crippen molar-refractivity contribution in [3.63, 3.8) is 0 Å². The molecule has 1 aromatic heterocycles. The molecule has 1 saturated carbocycles. The number of benzene rings is 2. The largest absolute Gasteiger partial charge is 0.497 e. The molecule has 194 valence electrons. The van der Waals surface area contributed by atoms with E-state index in [2.05, 4.69) is 28.3 Å². The van der Waals surface area contributed by atoms with Crippen LogP contribution in [0.25, 0.3) is 10.9 Å². The lowest BCUT2D eigenvalue weighted by molar-refractivity contribution is -0.385. The van der Waals surface area contributed by atoms with Crippen LogP contribution in [0.1, 0.15) is 53.5 Å². The quantitative estimate of drug-likeness (QED) is 0.317. The Hall–Kier alpha value is -3.54. The van der Waals surface area contributed by atoms with Crippen molar-refractivity contribution in [3.05, 3.63) is 74.5 Å². The van der Waals surface area contributed by atoms with Gasteiger partial charge in [0.1, 0.15) is 11.8 Å². The molecule has 37 heavy (non-hydrogen) atoms. The van der Waals surface area contributed by atoms with E-state index in [0.717, 1.165) is 77.6 Å². The molecule has 8 heteroatoms. The van der Waals surface area contributed by atoms with Crippen molar-refractivity contribution >= 4 is 16.6 Å². The molecular formula is C29H35N5O3. The van der Waals surface area contributed by atoms with Crippen molar-refractivity contribution in [2.75, 3.05) is 20.7 Å². The van der Waals surface area contributed by atoms with Gasteiger partial charge in [-0.05, 0) is 81.5 Å². The predicted octanol–water partition coefficient (Wildman–Crippen LogP) is 5.22. The Morgan fingerprint density at radius 1 is 1.27 bits per heavy atom. The molecule has 1 unspecified atom stereocenters. The number of nitrogens with one attached hydrogen (secondary N) is 1. The average molecular weight is 502 g/mol. The molecule has 0 radical (unpaired) electrons. The highest BCUT2D eigenvalue weighted by molar-refractivity contribution is 5.85. The van der Waals surface area contributed by atoms with Crippen LogP contribution in [0.5, 0.6) is 5.75 Å². The number of methoxy groups -OCH3 is 1. The zero-order chi connectivity index (χ0) is 26.5. The van der Waals surface area contributed by atoms with E-state index in [-0.39, 0.29) is 10.6 Å². The number of aryl methyl sites for hydroxylation is 1. The van der Waals surface area contributed by atoms with Gasteiger partial charge in [-0.15, -0.1) is 0 Å². The third kappa shape index (κ3) is 6.07. The molecule has 1 N–H and O–H groups in total. The third-order valence-electron chi connectivity index (χ3n) is 7.70. The standard InChI is InChI=1S/C29H35N5O3/c1-19-12-21(20(2)29(13-19)34(35)36)17-31-23-6-5-7-24(14-23)33(3)11-10-26-22(16-30)18-32-28-9-8-25(37-4)15-27(26)28/h8-9,12-13,15,18,23-24,31H,5-7,10-11,14,17H2,1-4H3/t23?,24-/m0/s1. The number of pyridine rings is 1. The Morgan fingerprint density at radius 2 is 2.08 bits per heavy atom. The average Bonchev–Trinajstić information content (AvgIpc) is 2.91. The molecule has 4 rings (SSSR count). The number of nitro groups is 1. The van der Waals surface area contributed by atoms with E-state index in [1.54, 1.807) is 19.4 Å². The van der Waals surface area contributed by atoms with Crippen LogP contribution in [0.2, 0.25) is 0 Å². The van der Waals surface area contributed by atoms with Gasteiger partial charge in [-0.25, -0.2) is 0 Å². The highest BCUT2D eigenvalue weighted by Crippen LogP contribution is 2.28. The summed E-state index contributed by atoms with van der Waals surface area (Å²) in [5, 5.41) is 25.8. The van der Waals surface area contributed by atoms with Crippen molar-refractivity contribution < 1.29 is 9.66 Å². The van der Waals surface area contributed by atoms with Crippen LogP contribution in [0.3, 0.4) is 0 Å². The number of nitrogens with zero attached hydrogens (tertiary/aromatic N) is 4. The number of ether oxygens (including phenoxy) is 1. The number of rotatable bonds is 9. The predicted molar refractivity (Wildman–Crippen MR) is 145 cm³/mol. The highest BCUT2D eigenvalue weighted by atomic mass is 16.6. The van der Waals surface area contributed by atoms with Crippen LogP contribution in [0.4, 0.5) is 5.69 Å². The Balaban J connectivity index is 1.41. The number of hydrogen-bond donors (Lipinski definition) is 1. The second-order valence-corrected chi connectivity index (χ2v) is 10.1. The van der Waals surface area contributed by atoms with Gasteiger partial charge in [0.05, 0.1) is 23.1 Å². The summed E-state index contributed by atoms with van der Waals surface area (Å²) in [6.07, 6.45) is 6.83. The molecule has 0 bridgehead atoms. The van der Waals surface area contributed by atoms with Gasteiger partial charge in [0.2, 0.25) is 0 Å². The minimum absolute atomic E-state index is 0.191. The number of nitro benzene ring substituents is 1. The first-order valence-corrected chi connectivity index (χ1v) is 12.8. The van der Waals surface area contributed by atoms with Crippen molar-refractivity contribution in [1.29, 1.82) is 5.26 Å². The molecule has 2 atom stereocenters. The topological polar surface area (TPSA) is 104 Å². The van der Waals surface area contributed by atoms with Gasteiger partial charge < -0.3 is 15.0 Å². The van der Waals surface area contributed by atoms with Crippen LogP contribution in [0, 0.1) is 35.3 Å². The number of fused-ring (bicyclic) bond motifs is 1. The van der Waals surface area contributed by atoms with E-state index in [1.807, 2.05) is 38.1 Å². The van der Waals surface area contributed by atoms with Crippen molar-refractivity contribution in [2.45, 2.75) is 64.6 Å². The van der Waals surface area contributed by atoms with Gasteiger partial charge in [0.25, 0.3) is 5.69 Å². The third-order valence-corrected chi connectivity index (χ3v) is 7.70. The minimum Gasteiger partial charge on any atom is -0.497 e. The Labute approximate surface area is 218 Å². The Bertz CT molecular complexity index is 1330. The first kappa shape index (κ1) is 26.5. The summed E-state index contributed by atoms with van der Waals surface area (Å²) in [6, 6.07) is 12.6. The Morgan fingerprint density at radius 3 is 2.81 bits per heavy atom. The first-order valence-electron chi connectivity index (χ1n) is 12.8. The summed E-state index contributed by atoms with van der Waals surface area (Å²) in [5.74, 6) is 0.759. The monoisotopic (exact) mass is 501 g/mol. The van der Waals surface area contributed by atoms with Gasteiger partial charge in [-0.2, -0.15) is 5.26 Å². The smallest absolute Gasteiger partial charge is 0.272 e. The van der Waals surface area contributed by atoms with E-state index in [4.69, 9.17) is 4.74 Å². The maximum atomic E-state index is 11.4. The maximum Gasteiger partial charge on any atom is 0.272 e. The van der Waals surface area contributed by atoms with Gasteiger partial charge in [-0.3, -0.25) is 15.1 Å². The fraction of sp³-hybridized carbons (Fsp3) is 0.448. The second kappa shape index (κ2) is 11.7. The number of aromatic nitrogens is 1. The highest BCUT2D eigenvalue weighted by Gasteiger charge is 2.25. The molecule has 0 amide bonds. The SMILES string of the molecule is COc1ccc2ncc(C#N)c(CCN(C)[C@H]3CCCC(NCc4cc(C)cc([N+](=O)[O-])c4C)C3)c2c1. The lowest BCUT2D eigenvalue weighted by Gasteiger charge is -2.36. The maximum absolute atomic E-state index is 11.4. The molecule has 0 aliphatic heterocycles. The number of hydrogen-bond acceptors (Lipinski definition) is 7. The van der Waals surface area contributed by atoms with Crippen molar-refractivity contribution in [3.8, 4) is 11.8 Å². The van der Waals surface area contributed by atoms with Crippen molar-refractivity contribution in [1.82, 2.24) is 15.2 Å². The number of likely N-dealkylation sites (N-methyl/N-ethyl adjacent to an activating group) is 1. The van der Waals surface area contributed by atoms with E-state index in [1.165, 1.54) is 0 Å². The van der Waals surface area contributed by atoms with Gasteiger partial charge in [0.15, 0.2) is 0 Å². The molecule has 3 aromatic rings. The summed E-state index contributed by atoms with van der Waals surface area (Å²) in [7, 11) is 3.81. The zero-order valence-electron chi connectivity index (χ0n) is 22.1. The normalized spacial score (nSPS) is 17.6. The second-order valence-electron chi connectivity index (χ2n) is 10.1. The minimum atomic E-state index is -0.294. The molecule has 1 heterocycles. The summed E-state index contributed by atoms with van der Waals surface area (Å²) in [4.78, 5) is 18.0. The summed E-state index contributed by atoms with van der Waals surface area (Å²) in [6.45, 7) is 5.21. The lowest BCUT2D eigenvalue weighted by atomic mass is 9.89. The zero-order valence-corrected chi connectivity index (χ0v) is 22.1. The fourth-order valence-electron chi connectivity index (χ4n) is 5.48. The van der Waals surface area contributed by atoms with Crippen LogP contribution in [-0.2, 0) is 13.0 Å². The van der Waals surface area contributed by atoms with Crippen molar-refractivity contribution in [2.24, 2.45) is 0 Å². The van der Waals surface area contributed by atoms with E-state index >= 15 is 0 Å². The van der Waals surface area contributed by atoms with E-state index < -0.39 is 0 Å². The van der Waals surface area contributed by atoms with Gasteiger partial charge in [0, 0.05) is 48.4 Å². The molecule has 8 nitrogen and oxygen atoms in total. The first-order chi connectivity index (χ1) is 17.8. The summed E-state index contributed by atoms with van der Waals surface area (Å²) >= 11 is 0. The van der Waals surface area contributed by atoms with Crippen LogP contribution in [-0.4, -0.2) is 47.6 Å². The molecule has 1 fully saturated rings. The van der Waals surface area contributed by atoms with E-state index in [9.17, 15) is 15.4 Å². The fourth-order valence-corrected chi connectivity index (χ4v) is 5.48. The Kier molecular flexibility index (Phi) is 8.37. The molecule has 0 saturated heterocycles. The van der Waals surface area contributed by atoms with Crippen LogP contribution >= 0.6 is 0 Å². The molecular weight excluding hydrogens is 466 g/mol. The summed E-state index contributed by atoms with van der Waals surface area (Å²) in [5.41, 5.74) is 5.32. The molecule has 1 aliphatic rings. The molecule has 2 aromatic carbocycles. The number of nitriles is 1. The summed E-state index contributed by atoms with van der Waals surface area (Å²) < 4.78 is 5.41. The van der Waals surface area contributed by atoms with Gasteiger partial charge >= 0.3 is 0 Å². The van der Waals surface area contributed by atoms with Crippen LogP contribution < -0.4 is 10.1 Å². The molecule has 1 aliphatic carbocycles. The van der Waals surface area contributed by atoms with Crippen LogP contribution in [0.15, 0.2) is 36.5 Å². The van der Waals surface area contributed by atoms with Gasteiger partial charge in [-0.1, -0.05) is 12.5 Å².